The van der Waals surface area contributed by atoms with Crippen LogP contribution in [0.3, 0.4) is 0 Å². The average Bonchev–Trinajstić information content (AvgIpc) is 3.16. The largest absolute Gasteiger partial charge is 0.480 e. The Morgan fingerprint density at radius 1 is 0.679 bits per heavy atom. The van der Waals surface area contributed by atoms with Gasteiger partial charge >= 0.3 is 25.7 Å². The molecule has 5 atom stereocenters. The van der Waals surface area contributed by atoms with Gasteiger partial charge in [0.25, 0.3) is 0 Å². The molecule has 56 heavy (non-hydrogen) atoms. The number of phosphoric ester groups is 1. The van der Waals surface area contributed by atoms with Gasteiger partial charge in [-0.1, -0.05) is 131 Å². The lowest BCUT2D eigenvalue weighted by molar-refractivity contribution is -0.161. The molecule has 0 saturated heterocycles. The molecule has 1 unspecified atom stereocenters. The number of aliphatic carboxylic acids is 1. The van der Waals surface area contributed by atoms with Gasteiger partial charge in [-0.15, -0.1) is 0 Å². The van der Waals surface area contributed by atoms with Crippen LogP contribution in [-0.4, -0.2) is 82.3 Å². The summed E-state index contributed by atoms with van der Waals surface area (Å²) in [6, 6.07) is -1.56. The minimum atomic E-state index is -4.77. The molecule has 318 valence electrons. The number of aliphatic hydroxyl groups excluding tert-OH is 2. The summed E-state index contributed by atoms with van der Waals surface area (Å²) in [6.45, 7) is 2.33. The van der Waals surface area contributed by atoms with Gasteiger partial charge in [-0.2, -0.15) is 0 Å². The molecular weight excluding hydrogens is 741 g/mol. The molecule has 0 bridgehead atoms. The molecule has 0 rings (SSSR count). The van der Waals surface area contributed by atoms with Crippen LogP contribution in [0, 0.1) is 0 Å². The molecule has 13 nitrogen and oxygen atoms in total. The van der Waals surface area contributed by atoms with E-state index in [0.29, 0.717) is 32.1 Å². The zero-order valence-corrected chi connectivity index (χ0v) is 34.3. The van der Waals surface area contributed by atoms with Crippen LogP contribution in [0.1, 0.15) is 117 Å². The second-order valence-electron chi connectivity index (χ2n) is 13.1. The lowest BCUT2D eigenvalue weighted by atomic mass is 10.1. The van der Waals surface area contributed by atoms with Crippen molar-refractivity contribution >= 4 is 25.7 Å². The third kappa shape index (κ3) is 35.0. The highest BCUT2D eigenvalue weighted by Crippen LogP contribution is 2.43. The van der Waals surface area contributed by atoms with Crippen LogP contribution in [0.5, 0.6) is 0 Å². The van der Waals surface area contributed by atoms with Crippen LogP contribution in [-0.2, 0) is 37.5 Å². The second kappa shape index (κ2) is 36.0. The first-order valence-corrected chi connectivity index (χ1v) is 21.3. The molecule has 0 saturated carbocycles. The molecule has 0 aromatic rings. The molecule has 0 fully saturated rings. The summed E-state index contributed by atoms with van der Waals surface area (Å²) in [5, 5.41) is 28.8. The molecular formula is C42H68NO12P. The Hall–Kier alpha value is -3.42. The van der Waals surface area contributed by atoms with Crippen LogP contribution in [0.4, 0.5) is 0 Å². The number of hydrogen-bond acceptors (Lipinski definition) is 11. The zero-order chi connectivity index (χ0) is 41.7. The summed E-state index contributed by atoms with van der Waals surface area (Å²) in [7, 11) is -4.77. The van der Waals surface area contributed by atoms with Gasteiger partial charge in [-0.05, 0) is 57.8 Å². The minimum Gasteiger partial charge on any atom is -0.480 e. The number of phosphoric acid groups is 1. The van der Waals surface area contributed by atoms with Gasteiger partial charge in [0.15, 0.2) is 6.10 Å². The monoisotopic (exact) mass is 809 g/mol. The summed E-state index contributed by atoms with van der Waals surface area (Å²) < 4.78 is 32.4. The Balaban J connectivity index is 4.71. The average molecular weight is 810 g/mol. The van der Waals surface area contributed by atoms with E-state index in [-0.39, 0.29) is 12.8 Å². The first-order valence-electron chi connectivity index (χ1n) is 19.8. The van der Waals surface area contributed by atoms with Crippen LogP contribution in [0.15, 0.2) is 85.1 Å². The van der Waals surface area contributed by atoms with Gasteiger partial charge in [0.05, 0.1) is 25.4 Å². The smallest absolute Gasteiger partial charge is 0.472 e. The predicted molar refractivity (Wildman–Crippen MR) is 219 cm³/mol. The number of allylic oxidation sites excluding steroid dienone is 10. The number of aliphatic hydroxyl groups is 2. The maximum atomic E-state index is 12.6. The Morgan fingerprint density at radius 3 is 2.00 bits per heavy atom. The number of carbonyl (C=O) groups is 3. The Labute approximate surface area is 334 Å². The van der Waals surface area contributed by atoms with Gasteiger partial charge in [-0.25, -0.2) is 4.57 Å². The third-order valence-electron chi connectivity index (χ3n) is 7.80. The standard InChI is InChI=1S/C42H68NO12P/c1-3-5-7-8-9-10-11-12-16-19-25-31-40(46)52-33-38(34-53-56(50,51)54-35-39(43)42(48)49)55-41(47)32-26-20-24-30-37(45)29-23-18-15-13-14-17-22-28-36(44)27-21-6-4-2/h6,8-9,14-15,17-18,21-24,28-30,36-39,44-45H,3-5,7,10-13,16,19-20,25-27,31-35,43H2,1-2H3,(H,48,49)(H,50,51)/b9-8-,17-14-,18-15-,21-6-,28-22+,29-23+,30-24-/t36-,37-,38+,39-/m0/s1. The highest BCUT2D eigenvalue weighted by molar-refractivity contribution is 7.47. The lowest BCUT2D eigenvalue weighted by Gasteiger charge is -2.20. The van der Waals surface area contributed by atoms with Crippen molar-refractivity contribution in [1.82, 2.24) is 0 Å². The van der Waals surface area contributed by atoms with E-state index in [1.54, 1.807) is 30.4 Å². The van der Waals surface area contributed by atoms with E-state index in [4.69, 9.17) is 24.8 Å². The van der Waals surface area contributed by atoms with Crippen molar-refractivity contribution in [3.8, 4) is 0 Å². The van der Waals surface area contributed by atoms with E-state index in [9.17, 15) is 34.1 Å². The molecule has 0 amide bonds. The van der Waals surface area contributed by atoms with Crippen molar-refractivity contribution in [2.75, 3.05) is 19.8 Å². The van der Waals surface area contributed by atoms with Crippen molar-refractivity contribution in [2.24, 2.45) is 5.73 Å². The number of carbonyl (C=O) groups excluding carboxylic acids is 2. The SMILES string of the molecule is CC/C=C\C[C@H](O)/C=C/C=C\C/C=C\C=C\[C@H](O)/C=C\CCCC(=O)O[C@H](COC(=O)CCCCCCC/C=C\CCCC)COP(=O)(O)OC[C@H](N)C(=O)O. The molecule has 0 radical (unpaired) electrons. The molecule has 0 aliphatic rings. The fourth-order valence-corrected chi connectivity index (χ4v) is 5.39. The van der Waals surface area contributed by atoms with Crippen molar-refractivity contribution in [1.29, 1.82) is 0 Å². The third-order valence-corrected chi connectivity index (χ3v) is 8.75. The Morgan fingerprint density at radius 2 is 1.30 bits per heavy atom. The summed E-state index contributed by atoms with van der Waals surface area (Å²) in [6.07, 6.45) is 36.0. The van der Waals surface area contributed by atoms with Gasteiger partial charge < -0.3 is 35.4 Å². The topological polar surface area (TPSA) is 212 Å². The van der Waals surface area contributed by atoms with Gasteiger partial charge in [0.1, 0.15) is 12.6 Å². The van der Waals surface area contributed by atoms with Gasteiger partial charge in [0, 0.05) is 12.8 Å². The van der Waals surface area contributed by atoms with E-state index < -0.39 is 69.9 Å². The molecule has 0 heterocycles. The fourth-order valence-electron chi connectivity index (χ4n) is 4.61. The van der Waals surface area contributed by atoms with Crippen molar-refractivity contribution in [3.05, 3.63) is 85.1 Å². The number of rotatable bonds is 35. The highest BCUT2D eigenvalue weighted by atomic mass is 31.2. The quantitative estimate of drug-likeness (QED) is 0.0136. The van der Waals surface area contributed by atoms with Gasteiger partial charge in [0.2, 0.25) is 0 Å². The molecule has 0 spiro atoms. The van der Waals surface area contributed by atoms with E-state index in [1.165, 1.54) is 12.8 Å². The predicted octanol–water partition coefficient (Wildman–Crippen LogP) is 7.88. The number of unbranched alkanes of at least 4 members (excludes halogenated alkanes) is 8. The van der Waals surface area contributed by atoms with Crippen molar-refractivity contribution in [2.45, 2.75) is 141 Å². The number of nitrogens with two attached hydrogens (primary N) is 1. The summed E-state index contributed by atoms with van der Waals surface area (Å²) in [4.78, 5) is 45.8. The molecule has 6 N–H and O–H groups in total. The minimum absolute atomic E-state index is 0.0314. The first-order chi connectivity index (χ1) is 26.9. The van der Waals surface area contributed by atoms with E-state index in [2.05, 4.69) is 23.6 Å². The molecule has 0 aromatic carbocycles. The summed E-state index contributed by atoms with van der Waals surface area (Å²) in [5.41, 5.74) is 5.30. The van der Waals surface area contributed by atoms with E-state index in [0.717, 1.165) is 44.9 Å². The number of hydrogen-bond donors (Lipinski definition) is 5. The molecule has 0 aromatic heterocycles. The molecule has 0 aliphatic heterocycles. The summed E-state index contributed by atoms with van der Waals surface area (Å²) in [5.74, 6) is -2.62. The zero-order valence-electron chi connectivity index (χ0n) is 33.4. The molecule has 0 aliphatic carbocycles. The van der Waals surface area contributed by atoms with Crippen molar-refractivity contribution < 1.29 is 57.7 Å². The highest BCUT2D eigenvalue weighted by Gasteiger charge is 2.28. The number of carboxylic acid groups (broad SMARTS) is 1. The Bertz CT molecular complexity index is 1310. The normalized spacial score (nSPS) is 15.8. The van der Waals surface area contributed by atoms with Crippen LogP contribution >= 0.6 is 7.82 Å². The van der Waals surface area contributed by atoms with Crippen molar-refractivity contribution in [3.63, 3.8) is 0 Å². The molecule has 14 heteroatoms. The summed E-state index contributed by atoms with van der Waals surface area (Å²) >= 11 is 0. The number of carboxylic acids is 1. The number of ether oxygens (including phenoxy) is 2. The lowest BCUT2D eigenvalue weighted by Crippen LogP contribution is -2.34. The maximum absolute atomic E-state index is 12.6. The van der Waals surface area contributed by atoms with Crippen LogP contribution in [0.25, 0.3) is 0 Å². The van der Waals surface area contributed by atoms with Crippen LogP contribution < -0.4 is 5.73 Å². The van der Waals surface area contributed by atoms with E-state index >= 15 is 0 Å². The van der Waals surface area contributed by atoms with Gasteiger partial charge in [-0.3, -0.25) is 23.4 Å². The first kappa shape index (κ1) is 52.6. The van der Waals surface area contributed by atoms with E-state index in [1.807, 2.05) is 49.5 Å². The number of esters is 2. The Kier molecular flexibility index (Phi) is 33.8. The maximum Gasteiger partial charge on any atom is 0.472 e. The van der Waals surface area contributed by atoms with Crippen LogP contribution in [0.2, 0.25) is 0 Å². The second-order valence-corrected chi connectivity index (χ2v) is 14.5. The fraction of sp³-hybridized carbons (Fsp3) is 0.595.